The number of benzene rings is 2. The van der Waals surface area contributed by atoms with Gasteiger partial charge in [0.15, 0.2) is 10.8 Å². The van der Waals surface area contributed by atoms with Crippen molar-refractivity contribution in [1.82, 2.24) is 24.2 Å². The predicted octanol–water partition coefficient (Wildman–Crippen LogP) is 4.71. The SMILES string of the molecule is O=C(CSc1nnc2c3cc(-c4ccc(Cl)cc4)nn3ccn12)Nc1cc(F)ccc1F. The molecular weight excluding hydrogens is 458 g/mol. The Hall–Kier alpha value is -3.50. The third kappa shape index (κ3) is 3.90. The minimum absolute atomic E-state index is 0.0583. The Balaban J connectivity index is 1.37. The number of thioether (sulfide) groups is 1. The van der Waals surface area contributed by atoms with Crippen LogP contribution < -0.4 is 5.32 Å². The van der Waals surface area contributed by atoms with Gasteiger partial charge in [0, 0.05) is 29.0 Å². The summed E-state index contributed by atoms with van der Waals surface area (Å²) in [6, 6.07) is 12.1. The van der Waals surface area contributed by atoms with E-state index < -0.39 is 17.5 Å². The number of aromatic nitrogens is 5. The molecule has 32 heavy (non-hydrogen) atoms. The van der Waals surface area contributed by atoms with Crippen LogP contribution in [-0.4, -0.2) is 35.9 Å². The van der Waals surface area contributed by atoms with E-state index in [0.717, 1.165) is 46.7 Å². The van der Waals surface area contributed by atoms with Crippen LogP contribution in [0.3, 0.4) is 0 Å². The Kier molecular flexibility index (Phi) is 5.24. The lowest BCUT2D eigenvalue weighted by Gasteiger charge is -2.06. The van der Waals surface area contributed by atoms with Gasteiger partial charge in [0.25, 0.3) is 0 Å². The molecule has 0 saturated heterocycles. The van der Waals surface area contributed by atoms with Crippen molar-refractivity contribution in [3.8, 4) is 11.3 Å². The van der Waals surface area contributed by atoms with Gasteiger partial charge in [0.1, 0.15) is 17.2 Å². The maximum atomic E-state index is 13.7. The molecule has 1 N–H and O–H groups in total. The van der Waals surface area contributed by atoms with Crippen LogP contribution in [-0.2, 0) is 4.79 Å². The van der Waals surface area contributed by atoms with Crippen LogP contribution in [0.25, 0.3) is 22.4 Å². The summed E-state index contributed by atoms with van der Waals surface area (Å²) < 4.78 is 30.4. The Morgan fingerprint density at radius 1 is 1.06 bits per heavy atom. The van der Waals surface area contributed by atoms with Crippen LogP contribution in [0.1, 0.15) is 0 Å². The molecule has 0 saturated carbocycles. The van der Waals surface area contributed by atoms with Crippen LogP contribution >= 0.6 is 23.4 Å². The van der Waals surface area contributed by atoms with Gasteiger partial charge < -0.3 is 5.32 Å². The van der Waals surface area contributed by atoms with Crippen molar-refractivity contribution in [2.75, 3.05) is 11.1 Å². The highest BCUT2D eigenvalue weighted by Crippen LogP contribution is 2.25. The Morgan fingerprint density at radius 3 is 2.69 bits per heavy atom. The van der Waals surface area contributed by atoms with E-state index in [2.05, 4.69) is 20.6 Å². The summed E-state index contributed by atoms with van der Waals surface area (Å²) in [4.78, 5) is 12.2. The summed E-state index contributed by atoms with van der Waals surface area (Å²) in [5.74, 6) is -1.90. The Bertz CT molecular complexity index is 1470. The number of nitrogens with zero attached hydrogens (tertiary/aromatic N) is 5. The summed E-state index contributed by atoms with van der Waals surface area (Å²) in [6.45, 7) is 0. The van der Waals surface area contributed by atoms with Crippen LogP contribution in [0.5, 0.6) is 0 Å². The first-order valence-electron chi connectivity index (χ1n) is 9.35. The van der Waals surface area contributed by atoms with E-state index >= 15 is 0 Å². The van der Waals surface area contributed by atoms with E-state index in [1.54, 1.807) is 33.4 Å². The number of halogens is 3. The van der Waals surface area contributed by atoms with Crippen molar-refractivity contribution in [3.05, 3.63) is 77.6 Å². The van der Waals surface area contributed by atoms with Crippen molar-refractivity contribution < 1.29 is 13.6 Å². The Morgan fingerprint density at radius 2 is 1.88 bits per heavy atom. The van der Waals surface area contributed by atoms with Gasteiger partial charge in [-0.2, -0.15) is 5.10 Å². The molecule has 5 rings (SSSR count). The van der Waals surface area contributed by atoms with E-state index in [1.165, 1.54) is 0 Å². The minimum atomic E-state index is -0.711. The minimum Gasteiger partial charge on any atom is -0.323 e. The van der Waals surface area contributed by atoms with Crippen molar-refractivity contribution in [2.24, 2.45) is 0 Å². The molecule has 0 unspecified atom stereocenters. The van der Waals surface area contributed by atoms with E-state index in [-0.39, 0.29) is 11.4 Å². The van der Waals surface area contributed by atoms with E-state index in [4.69, 9.17) is 11.6 Å². The molecule has 3 aromatic heterocycles. The number of nitrogens with one attached hydrogen (secondary N) is 1. The first-order valence-corrected chi connectivity index (χ1v) is 10.7. The van der Waals surface area contributed by atoms with Crippen LogP contribution in [0.4, 0.5) is 14.5 Å². The maximum Gasteiger partial charge on any atom is 0.234 e. The molecule has 0 radical (unpaired) electrons. The average molecular weight is 471 g/mol. The maximum absolute atomic E-state index is 13.7. The highest BCUT2D eigenvalue weighted by atomic mass is 35.5. The lowest BCUT2D eigenvalue weighted by atomic mass is 10.1. The van der Waals surface area contributed by atoms with Crippen molar-refractivity contribution in [1.29, 1.82) is 0 Å². The van der Waals surface area contributed by atoms with Gasteiger partial charge in [-0.05, 0) is 30.3 Å². The fraction of sp³-hybridized carbons (Fsp3) is 0.0476. The quantitative estimate of drug-likeness (QED) is 0.376. The van der Waals surface area contributed by atoms with E-state index in [1.807, 2.05) is 18.2 Å². The molecule has 11 heteroatoms. The zero-order valence-electron chi connectivity index (χ0n) is 16.2. The topological polar surface area (TPSA) is 76.6 Å². The number of carbonyl (C=O) groups excluding carboxylic acids is 1. The van der Waals surface area contributed by atoms with Gasteiger partial charge in [-0.3, -0.25) is 9.20 Å². The smallest absolute Gasteiger partial charge is 0.234 e. The molecule has 0 atom stereocenters. The van der Waals surface area contributed by atoms with Gasteiger partial charge in [-0.1, -0.05) is 35.5 Å². The summed E-state index contributed by atoms with van der Waals surface area (Å²) in [5.41, 5.74) is 2.76. The number of fused-ring (bicyclic) bond motifs is 3. The van der Waals surface area contributed by atoms with Crippen LogP contribution in [0, 0.1) is 11.6 Å². The number of hydrogen-bond acceptors (Lipinski definition) is 5. The zero-order valence-corrected chi connectivity index (χ0v) is 17.7. The second kappa shape index (κ2) is 8.21. The number of rotatable bonds is 5. The normalized spacial score (nSPS) is 11.3. The lowest BCUT2D eigenvalue weighted by molar-refractivity contribution is -0.113. The average Bonchev–Trinajstić information content (AvgIpc) is 3.39. The molecule has 0 spiro atoms. The van der Waals surface area contributed by atoms with Crippen molar-refractivity contribution in [3.63, 3.8) is 0 Å². The molecule has 0 fully saturated rings. The first-order chi connectivity index (χ1) is 15.5. The zero-order chi connectivity index (χ0) is 22.2. The fourth-order valence-electron chi connectivity index (χ4n) is 3.16. The fourth-order valence-corrected chi connectivity index (χ4v) is 4.00. The Labute approximate surface area is 189 Å². The highest BCUT2D eigenvalue weighted by molar-refractivity contribution is 7.99. The first kappa shape index (κ1) is 20.4. The second-order valence-corrected chi connectivity index (χ2v) is 8.18. The molecule has 1 amide bonds. The van der Waals surface area contributed by atoms with Gasteiger partial charge in [-0.25, -0.2) is 13.3 Å². The van der Waals surface area contributed by atoms with E-state index in [9.17, 15) is 13.6 Å². The van der Waals surface area contributed by atoms with Gasteiger partial charge in [-0.15, -0.1) is 10.2 Å². The molecular formula is C21H13ClF2N6OS. The third-order valence-electron chi connectivity index (χ3n) is 4.66. The van der Waals surface area contributed by atoms with Gasteiger partial charge >= 0.3 is 0 Å². The number of anilines is 1. The number of amides is 1. The molecule has 2 aromatic carbocycles. The molecule has 5 aromatic rings. The molecule has 3 heterocycles. The predicted molar refractivity (Wildman–Crippen MR) is 118 cm³/mol. The standard InChI is InChI=1S/C21H13ClF2N6OS/c22-13-3-1-12(2-4-13)16-10-18-20-26-27-21(29(20)7-8-30(18)28-16)32-11-19(31)25-17-9-14(23)5-6-15(17)24/h1-10H,11H2,(H,25,31). The summed E-state index contributed by atoms with van der Waals surface area (Å²) >= 11 is 7.08. The largest absolute Gasteiger partial charge is 0.323 e. The van der Waals surface area contributed by atoms with Crippen LogP contribution in [0.15, 0.2) is 66.1 Å². The summed E-state index contributed by atoms with van der Waals surface area (Å²) in [5, 5.41) is 16.4. The molecule has 7 nitrogen and oxygen atoms in total. The monoisotopic (exact) mass is 470 g/mol. The third-order valence-corrected chi connectivity index (χ3v) is 5.86. The molecule has 0 aliphatic rings. The molecule has 160 valence electrons. The number of carbonyl (C=O) groups is 1. The molecule has 0 aliphatic heterocycles. The van der Waals surface area contributed by atoms with Crippen molar-refractivity contribution >= 4 is 46.1 Å². The van der Waals surface area contributed by atoms with Gasteiger partial charge in [0.05, 0.1) is 17.1 Å². The number of hydrogen-bond donors (Lipinski definition) is 1. The summed E-state index contributed by atoms with van der Waals surface area (Å²) in [7, 11) is 0. The van der Waals surface area contributed by atoms with Crippen LogP contribution in [0.2, 0.25) is 5.02 Å². The van der Waals surface area contributed by atoms with E-state index in [0.29, 0.717) is 15.8 Å². The van der Waals surface area contributed by atoms with Gasteiger partial charge in [0.2, 0.25) is 5.91 Å². The lowest BCUT2D eigenvalue weighted by Crippen LogP contribution is -2.15. The molecule has 0 bridgehead atoms. The van der Waals surface area contributed by atoms with Crippen molar-refractivity contribution in [2.45, 2.75) is 5.16 Å². The molecule has 0 aliphatic carbocycles. The summed E-state index contributed by atoms with van der Waals surface area (Å²) in [6.07, 6.45) is 3.50. The second-order valence-electron chi connectivity index (χ2n) is 6.80. The highest BCUT2D eigenvalue weighted by Gasteiger charge is 2.15.